The van der Waals surface area contributed by atoms with Gasteiger partial charge in [-0.2, -0.15) is 13.2 Å². The van der Waals surface area contributed by atoms with E-state index in [4.69, 9.17) is 9.47 Å². The second-order valence-corrected chi connectivity index (χ2v) is 13.1. The number of carbonyl (C=O) groups is 2. The smallest absolute Gasteiger partial charge is 0.433 e. The van der Waals surface area contributed by atoms with Crippen LogP contribution in [0, 0.1) is 5.92 Å². The van der Waals surface area contributed by atoms with Gasteiger partial charge in [-0.1, -0.05) is 25.5 Å². The Kier molecular flexibility index (Phi) is 10.1. The van der Waals surface area contributed by atoms with Crippen molar-refractivity contribution < 1.29 is 40.7 Å². The molecule has 1 atom stereocenters. The van der Waals surface area contributed by atoms with Gasteiger partial charge in [-0.25, -0.2) is 23.2 Å². The quantitative estimate of drug-likeness (QED) is 0.197. The third-order valence-corrected chi connectivity index (χ3v) is 9.89. The van der Waals surface area contributed by atoms with Crippen molar-refractivity contribution in [3.05, 3.63) is 52.0 Å². The monoisotopic (exact) mass is 639 g/mol. The summed E-state index contributed by atoms with van der Waals surface area (Å²) in [5.41, 5.74) is -0.319. The first-order valence-corrected chi connectivity index (χ1v) is 16.3. The SMILES string of the molecule is CCOC(=O)c1c(NC(=O)CCCS(=O)(=O)c2nc(-c3ccccc3OC)cc(C(F)(F)F)n2)sc2c1CC[C@H](CC)C2. The number of esters is 1. The number of aromatic nitrogens is 2. The van der Waals surface area contributed by atoms with Crippen LogP contribution in [0.2, 0.25) is 0 Å². The van der Waals surface area contributed by atoms with E-state index in [-0.39, 0.29) is 36.5 Å². The Morgan fingerprint density at radius 3 is 2.58 bits per heavy atom. The number of ether oxygens (including phenoxy) is 2. The Labute approximate surface area is 251 Å². The van der Waals surface area contributed by atoms with E-state index < -0.39 is 44.5 Å². The summed E-state index contributed by atoms with van der Waals surface area (Å²) in [6, 6.07) is 6.79. The van der Waals surface area contributed by atoms with Crippen LogP contribution in [-0.2, 0) is 38.4 Å². The minimum atomic E-state index is -4.93. The largest absolute Gasteiger partial charge is 0.496 e. The molecule has 1 aliphatic rings. The van der Waals surface area contributed by atoms with Crippen LogP contribution in [0.15, 0.2) is 35.5 Å². The standard InChI is InChI=1S/C29H32F3N3O6S2/c1-4-17-12-13-19-22(15-17)42-26(25(19)27(37)41-5-2)35-24(36)11-8-14-43(38,39)28-33-20(16-23(34-28)29(30,31)32)18-9-6-7-10-21(18)40-3/h6-7,9-10,16-17H,4-5,8,11-15H2,1-3H3,(H,35,36)/t17-/m0/s1. The summed E-state index contributed by atoms with van der Waals surface area (Å²) in [6.45, 7) is 3.97. The first-order valence-electron chi connectivity index (χ1n) is 13.8. The van der Waals surface area contributed by atoms with Crippen LogP contribution in [0.3, 0.4) is 0 Å². The van der Waals surface area contributed by atoms with Gasteiger partial charge < -0.3 is 14.8 Å². The molecule has 0 unspecified atom stereocenters. The van der Waals surface area contributed by atoms with Crippen molar-refractivity contribution in [2.75, 3.05) is 24.8 Å². The lowest BCUT2D eigenvalue weighted by Crippen LogP contribution is -2.19. The van der Waals surface area contributed by atoms with Crippen molar-refractivity contribution in [1.29, 1.82) is 0 Å². The second kappa shape index (κ2) is 13.4. The van der Waals surface area contributed by atoms with E-state index in [1.165, 1.54) is 30.6 Å². The van der Waals surface area contributed by atoms with Crippen molar-refractivity contribution in [3.8, 4) is 17.0 Å². The molecule has 9 nitrogen and oxygen atoms in total. The molecule has 1 aromatic carbocycles. The highest BCUT2D eigenvalue weighted by Gasteiger charge is 2.36. The zero-order valence-corrected chi connectivity index (χ0v) is 25.5. The van der Waals surface area contributed by atoms with Gasteiger partial charge in [0, 0.05) is 16.9 Å². The Morgan fingerprint density at radius 2 is 1.91 bits per heavy atom. The summed E-state index contributed by atoms with van der Waals surface area (Å²) in [7, 11) is -3.09. The molecule has 2 aromatic heterocycles. The molecule has 0 bridgehead atoms. The Hall–Kier alpha value is -3.52. The maximum Gasteiger partial charge on any atom is 0.433 e. The molecule has 1 aliphatic carbocycles. The zero-order chi connectivity index (χ0) is 31.4. The van der Waals surface area contributed by atoms with Gasteiger partial charge in [0.2, 0.25) is 20.9 Å². The second-order valence-electron chi connectivity index (χ2n) is 10.0. The maximum atomic E-state index is 13.7. The molecule has 2 heterocycles. The van der Waals surface area contributed by atoms with Gasteiger partial charge in [0.15, 0.2) is 0 Å². The number of hydrogen-bond acceptors (Lipinski definition) is 9. The number of para-hydroxylation sites is 1. The van der Waals surface area contributed by atoms with Crippen LogP contribution in [0.1, 0.15) is 66.0 Å². The zero-order valence-electron chi connectivity index (χ0n) is 23.9. The van der Waals surface area contributed by atoms with Crippen molar-refractivity contribution in [1.82, 2.24) is 9.97 Å². The van der Waals surface area contributed by atoms with Crippen molar-refractivity contribution >= 4 is 38.1 Å². The molecule has 4 rings (SSSR count). The maximum absolute atomic E-state index is 13.7. The molecule has 0 saturated heterocycles. The van der Waals surface area contributed by atoms with E-state index in [9.17, 15) is 31.2 Å². The normalized spacial score (nSPS) is 15.1. The number of carbonyl (C=O) groups excluding carboxylic acids is 2. The van der Waals surface area contributed by atoms with Crippen molar-refractivity contribution in [3.63, 3.8) is 0 Å². The van der Waals surface area contributed by atoms with Gasteiger partial charge in [0.1, 0.15) is 16.4 Å². The van der Waals surface area contributed by atoms with Crippen LogP contribution in [0.4, 0.5) is 18.2 Å². The summed E-state index contributed by atoms with van der Waals surface area (Å²) in [5.74, 6) is -1.04. The Balaban J connectivity index is 1.51. The summed E-state index contributed by atoms with van der Waals surface area (Å²) < 4.78 is 77.6. The number of halogens is 3. The minimum Gasteiger partial charge on any atom is -0.496 e. The first kappa shape index (κ1) is 32.4. The lowest BCUT2D eigenvalue weighted by atomic mass is 9.85. The molecule has 1 amide bonds. The van der Waals surface area contributed by atoms with Crippen LogP contribution in [0.5, 0.6) is 5.75 Å². The number of sulfone groups is 1. The number of alkyl halides is 3. The topological polar surface area (TPSA) is 125 Å². The van der Waals surface area contributed by atoms with Gasteiger partial charge in [-0.05, 0) is 62.3 Å². The predicted molar refractivity (Wildman–Crippen MR) is 155 cm³/mol. The summed E-state index contributed by atoms with van der Waals surface area (Å²) in [4.78, 5) is 33.9. The van der Waals surface area contributed by atoms with Gasteiger partial charge in [0.05, 0.1) is 30.7 Å². The predicted octanol–water partition coefficient (Wildman–Crippen LogP) is 6.12. The molecule has 0 radical (unpaired) electrons. The third kappa shape index (κ3) is 7.53. The molecule has 0 fully saturated rings. The number of nitrogens with zero attached hydrogens (tertiary/aromatic N) is 2. The number of methoxy groups -OCH3 is 1. The van der Waals surface area contributed by atoms with Crippen LogP contribution in [-0.4, -0.2) is 49.7 Å². The van der Waals surface area contributed by atoms with Gasteiger partial charge >= 0.3 is 12.1 Å². The Morgan fingerprint density at radius 1 is 1.16 bits per heavy atom. The lowest BCUT2D eigenvalue weighted by molar-refractivity contribution is -0.141. The molecular weight excluding hydrogens is 607 g/mol. The molecule has 232 valence electrons. The molecule has 3 aromatic rings. The van der Waals surface area contributed by atoms with Gasteiger partial charge in [-0.3, -0.25) is 4.79 Å². The fourth-order valence-electron chi connectivity index (χ4n) is 4.92. The van der Waals surface area contributed by atoms with E-state index in [0.717, 1.165) is 29.7 Å². The molecule has 43 heavy (non-hydrogen) atoms. The van der Waals surface area contributed by atoms with E-state index in [0.29, 0.717) is 29.0 Å². The van der Waals surface area contributed by atoms with Crippen LogP contribution < -0.4 is 10.1 Å². The molecule has 1 N–H and O–H groups in total. The number of benzene rings is 1. The van der Waals surface area contributed by atoms with Gasteiger partial charge in [0.25, 0.3) is 0 Å². The lowest BCUT2D eigenvalue weighted by Gasteiger charge is -2.20. The van der Waals surface area contributed by atoms with Crippen molar-refractivity contribution in [2.24, 2.45) is 5.92 Å². The number of hydrogen-bond donors (Lipinski definition) is 1. The highest BCUT2D eigenvalue weighted by molar-refractivity contribution is 7.91. The van der Waals surface area contributed by atoms with E-state index in [2.05, 4.69) is 22.2 Å². The number of fused-ring (bicyclic) bond motifs is 1. The van der Waals surface area contributed by atoms with E-state index in [1.54, 1.807) is 19.1 Å². The fourth-order valence-corrected chi connectivity index (χ4v) is 7.46. The summed E-state index contributed by atoms with van der Waals surface area (Å²) >= 11 is 1.32. The number of amides is 1. The molecule has 0 aliphatic heterocycles. The number of thiophene rings is 1. The summed E-state index contributed by atoms with van der Waals surface area (Å²) in [6.07, 6.45) is -2.00. The molecular formula is C29H32F3N3O6S2. The fraction of sp³-hybridized carbons (Fsp3) is 0.448. The molecule has 0 spiro atoms. The number of anilines is 1. The Bertz CT molecular complexity index is 1610. The average molecular weight is 640 g/mol. The molecule has 0 saturated carbocycles. The van der Waals surface area contributed by atoms with Gasteiger partial charge in [-0.15, -0.1) is 11.3 Å². The minimum absolute atomic E-state index is 0.162. The highest BCUT2D eigenvalue weighted by atomic mass is 32.2. The number of nitrogens with one attached hydrogen (secondary N) is 1. The van der Waals surface area contributed by atoms with Crippen LogP contribution in [0.25, 0.3) is 11.3 Å². The number of rotatable bonds is 11. The average Bonchev–Trinajstić information content (AvgIpc) is 3.33. The molecule has 14 heteroatoms. The van der Waals surface area contributed by atoms with Crippen molar-refractivity contribution in [2.45, 2.75) is 63.7 Å². The first-order chi connectivity index (χ1) is 20.4. The van der Waals surface area contributed by atoms with Crippen LogP contribution >= 0.6 is 11.3 Å². The summed E-state index contributed by atoms with van der Waals surface area (Å²) in [5, 5.41) is 2.09. The third-order valence-electron chi connectivity index (χ3n) is 7.15. The van der Waals surface area contributed by atoms with E-state index in [1.807, 2.05) is 0 Å². The highest BCUT2D eigenvalue weighted by Crippen LogP contribution is 2.41. The van der Waals surface area contributed by atoms with E-state index >= 15 is 0 Å².